The molecule has 3 heterocycles. The molecule has 1 amide bonds. The van der Waals surface area contributed by atoms with Crippen molar-refractivity contribution in [2.75, 3.05) is 0 Å². The van der Waals surface area contributed by atoms with Gasteiger partial charge in [0.2, 0.25) is 0 Å². The van der Waals surface area contributed by atoms with Gasteiger partial charge in [-0.3, -0.25) is 19.1 Å². The second kappa shape index (κ2) is 9.40. The molecule has 3 aromatic heterocycles. The van der Waals surface area contributed by atoms with E-state index in [-0.39, 0.29) is 11.5 Å². The largest absolute Gasteiger partial charge is 0.489 e. The Labute approximate surface area is 183 Å². The van der Waals surface area contributed by atoms with Crippen molar-refractivity contribution in [3.8, 4) is 10.8 Å². The van der Waals surface area contributed by atoms with E-state index in [4.69, 9.17) is 4.74 Å². The Morgan fingerprint density at radius 1 is 1.10 bits per heavy atom. The van der Waals surface area contributed by atoms with Gasteiger partial charge in [0.25, 0.3) is 11.5 Å². The topological polar surface area (TPSA) is 73.2 Å². The van der Waals surface area contributed by atoms with Gasteiger partial charge in [-0.05, 0) is 41.8 Å². The molecule has 0 atom stereocenters. The minimum absolute atomic E-state index is 0.173. The molecule has 0 aliphatic heterocycles. The Morgan fingerprint density at radius 3 is 2.65 bits per heavy atom. The van der Waals surface area contributed by atoms with Crippen molar-refractivity contribution in [3.63, 3.8) is 0 Å². The number of hydrogen-bond donors (Lipinski definition) is 1. The van der Waals surface area contributed by atoms with Gasteiger partial charge in [-0.25, -0.2) is 0 Å². The van der Waals surface area contributed by atoms with Gasteiger partial charge in [-0.15, -0.1) is 11.3 Å². The fourth-order valence-corrected chi connectivity index (χ4v) is 4.13. The molecule has 7 heteroatoms. The summed E-state index contributed by atoms with van der Waals surface area (Å²) in [5.74, 6) is 0.335. The summed E-state index contributed by atoms with van der Waals surface area (Å²) in [4.78, 5) is 29.9. The average Bonchev–Trinajstić information content (AvgIpc) is 3.19. The zero-order valence-electron chi connectivity index (χ0n) is 16.9. The first kappa shape index (κ1) is 20.6. The maximum Gasteiger partial charge on any atom is 0.261 e. The van der Waals surface area contributed by atoms with Gasteiger partial charge >= 0.3 is 0 Å². The molecule has 0 radical (unpaired) electrons. The number of rotatable bonds is 7. The molecule has 0 aliphatic rings. The highest BCUT2D eigenvalue weighted by molar-refractivity contribution is 7.16. The smallest absolute Gasteiger partial charge is 0.261 e. The molecule has 156 valence electrons. The van der Waals surface area contributed by atoms with Crippen LogP contribution in [0.4, 0.5) is 0 Å². The van der Waals surface area contributed by atoms with Gasteiger partial charge in [0.1, 0.15) is 17.4 Å². The van der Waals surface area contributed by atoms with Crippen molar-refractivity contribution in [3.05, 3.63) is 111 Å². The van der Waals surface area contributed by atoms with Crippen LogP contribution in [0.1, 0.15) is 26.4 Å². The number of thiophene rings is 1. The van der Waals surface area contributed by atoms with Gasteiger partial charge < -0.3 is 10.1 Å². The van der Waals surface area contributed by atoms with Crippen LogP contribution in [0.3, 0.4) is 0 Å². The van der Waals surface area contributed by atoms with E-state index in [9.17, 15) is 9.59 Å². The zero-order chi connectivity index (χ0) is 21.6. The second-order valence-corrected chi connectivity index (χ2v) is 8.02. The Morgan fingerprint density at radius 2 is 1.90 bits per heavy atom. The van der Waals surface area contributed by atoms with E-state index in [2.05, 4.69) is 10.3 Å². The molecule has 31 heavy (non-hydrogen) atoms. The Kier molecular flexibility index (Phi) is 6.24. The quantitative estimate of drug-likeness (QED) is 0.478. The van der Waals surface area contributed by atoms with Crippen LogP contribution in [0.2, 0.25) is 0 Å². The lowest BCUT2D eigenvalue weighted by atomic mass is 10.2. The van der Waals surface area contributed by atoms with Crippen molar-refractivity contribution in [2.45, 2.75) is 20.1 Å². The van der Waals surface area contributed by atoms with Crippen molar-refractivity contribution in [1.29, 1.82) is 0 Å². The molecule has 0 saturated carbocycles. The normalized spacial score (nSPS) is 10.6. The fraction of sp³-hybridized carbons (Fsp3) is 0.125. The highest BCUT2D eigenvalue weighted by atomic mass is 32.1. The van der Waals surface area contributed by atoms with Crippen molar-refractivity contribution in [1.82, 2.24) is 14.9 Å². The Balaban J connectivity index is 1.46. The first-order chi connectivity index (χ1) is 15.1. The molecule has 0 spiro atoms. The number of aryl methyl sites for hydroxylation is 1. The number of nitrogens with zero attached hydrogens (tertiary/aromatic N) is 2. The third-order valence-electron chi connectivity index (χ3n) is 4.66. The van der Waals surface area contributed by atoms with Gasteiger partial charge in [0.05, 0.1) is 4.88 Å². The summed E-state index contributed by atoms with van der Waals surface area (Å²) in [5.41, 5.74) is 2.56. The van der Waals surface area contributed by atoms with Crippen LogP contribution in [0.5, 0.6) is 5.75 Å². The third-order valence-corrected chi connectivity index (χ3v) is 5.90. The van der Waals surface area contributed by atoms with Gasteiger partial charge in [-0.1, -0.05) is 36.4 Å². The summed E-state index contributed by atoms with van der Waals surface area (Å²) in [6.45, 7) is 2.65. The molecule has 0 saturated heterocycles. The minimum atomic E-state index is -0.214. The van der Waals surface area contributed by atoms with E-state index in [1.54, 1.807) is 24.7 Å². The van der Waals surface area contributed by atoms with Crippen molar-refractivity contribution < 1.29 is 9.53 Å². The van der Waals surface area contributed by atoms with Crippen LogP contribution >= 0.6 is 11.3 Å². The Hall–Kier alpha value is -3.71. The van der Waals surface area contributed by atoms with Crippen LogP contribution in [0.15, 0.2) is 84.0 Å². The lowest BCUT2D eigenvalue weighted by Gasteiger charge is -2.08. The summed E-state index contributed by atoms with van der Waals surface area (Å²) < 4.78 is 7.24. The van der Waals surface area contributed by atoms with Crippen molar-refractivity contribution >= 4 is 17.2 Å². The van der Waals surface area contributed by atoms with Gasteiger partial charge in [-0.2, -0.15) is 0 Å². The number of pyridine rings is 2. The van der Waals surface area contributed by atoms with E-state index in [0.717, 1.165) is 16.7 Å². The molecule has 0 aliphatic carbocycles. The monoisotopic (exact) mass is 431 g/mol. The number of carbonyl (C=O) groups excluding carboxylic acids is 1. The molecule has 4 rings (SSSR count). The average molecular weight is 432 g/mol. The van der Waals surface area contributed by atoms with Crippen LogP contribution < -0.4 is 15.6 Å². The molecule has 4 aromatic rings. The molecule has 0 unspecified atom stereocenters. The van der Waals surface area contributed by atoms with E-state index in [1.165, 1.54) is 22.0 Å². The number of benzene rings is 1. The maximum atomic E-state index is 12.6. The second-order valence-electron chi connectivity index (χ2n) is 6.99. The third kappa shape index (κ3) is 5.07. The molecule has 0 bridgehead atoms. The first-order valence-corrected chi connectivity index (χ1v) is 10.6. The van der Waals surface area contributed by atoms with E-state index < -0.39 is 0 Å². The highest BCUT2D eigenvalue weighted by Crippen LogP contribution is 2.25. The Bertz CT molecular complexity index is 1230. The first-order valence-electron chi connectivity index (χ1n) is 9.77. The molecule has 1 aromatic carbocycles. The minimum Gasteiger partial charge on any atom is -0.489 e. The number of aromatic nitrogens is 2. The number of amides is 1. The standard InChI is InChI=1S/C24H21N3O3S/c1-17-12-22(31-23(17)24(29)26-15-19-8-5-10-25-14-19)27-11-9-20(13-21(27)28)30-16-18-6-3-2-4-7-18/h2-14H,15-16H2,1H3,(H,26,29). The lowest BCUT2D eigenvalue weighted by Crippen LogP contribution is -2.22. The summed E-state index contributed by atoms with van der Waals surface area (Å²) in [7, 11) is 0. The maximum absolute atomic E-state index is 12.6. The van der Waals surface area contributed by atoms with Crippen molar-refractivity contribution in [2.24, 2.45) is 0 Å². The summed E-state index contributed by atoms with van der Waals surface area (Å²) in [6.07, 6.45) is 5.08. The van der Waals surface area contributed by atoms with E-state index in [0.29, 0.717) is 28.8 Å². The van der Waals surface area contributed by atoms with Crippen LogP contribution in [-0.2, 0) is 13.2 Å². The number of carbonyl (C=O) groups is 1. The van der Waals surface area contributed by atoms with Crippen LogP contribution in [0.25, 0.3) is 5.00 Å². The lowest BCUT2D eigenvalue weighted by molar-refractivity contribution is 0.0954. The predicted octanol–water partition coefficient (Wildman–Crippen LogP) is 4.11. The molecule has 6 nitrogen and oxygen atoms in total. The van der Waals surface area contributed by atoms with Crippen LogP contribution in [0, 0.1) is 6.92 Å². The zero-order valence-corrected chi connectivity index (χ0v) is 17.8. The summed E-state index contributed by atoms with van der Waals surface area (Å²) in [6, 6.07) is 18.6. The molecular formula is C24H21N3O3S. The molecule has 0 fully saturated rings. The number of hydrogen-bond acceptors (Lipinski definition) is 5. The highest BCUT2D eigenvalue weighted by Gasteiger charge is 2.15. The number of ether oxygens (including phenoxy) is 1. The van der Waals surface area contributed by atoms with E-state index in [1.807, 2.05) is 55.5 Å². The molecular weight excluding hydrogens is 410 g/mol. The van der Waals surface area contributed by atoms with Crippen LogP contribution in [-0.4, -0.2) is 15.5 Å². The summed E-state index contributed by atoms with van der Waals surface area (Å²) >= 11 is 1.28. The number of nitrogens with one attached hydrogen (secondary N) is 1. The van der Waals surface area contributed by atoms with Gasteiger partial charge in [0.15, 0.2) is 0 Å². The molecule has 1 N–H and O–H groups in total. The summed E-state index contributed by atoms with van der Waals surface area (Å²) in [5, 5.41) is 3.58. The SMILES string of the molecule is Cc1cc(-n2ccc(OCc3ccccc3)cc2=O)sc1C(=O)NCc1cccnc1. The van der Waals surface area contributed by atoms with Gasteiger partial charge in [0, 0.05) is 31.2 Å². The predicted molar refractivity (Wildman–Crippen MR) is 121 cm³/mol. The fourth-order valence-electron chi connectivity index (χ4n) is 3.05. The van der Waals surface area contributed by atoms with E-state index >= 15 is 0 Å².